The van der Waals surface area contributed by atoms with Crippen molar-refractivity contribution in [2.45, 2.75) is 31.8 Å². The molecule has 2 rings (SSSR count). The maximum Gasteiger partial charge on any atom is 0.326 e. The van der Waals surface area contributed by atoms with Crippen molar-refractivity contribution in [2.24, 2.45) is 5.73 Å². The van der Waals surface area contributed by atoms with E-state index in [1.807, 2.05) is 24.3 Å². The molecule has 0 spiro atoms. The molecule has 0 aliphatic heterocycles. The summed E-state index contributed by atoms with van der Waals surface area (Å²) in [6.45, 7) is 1.78. The van der Waals surface area contributed by atoms with Crippen molar-refractivity contribution in [3.63, 3.8) is 0 Å². The van der Waals surface area contributed by atoms with E-state index in [4.69, 9.17) is 5.73 Å². The lowest BCUT2D eigenvalue weighted by Gasteiger charge is -2.16. The highest BCUT2D eigenvalue weighted by Gasteiger charge is 2.23. The monoisotopic (exact) mass is 289 g/mol. The smallest absolute Gasteiger partial charge is 0.326 e. The fourth-order valence-corrected chi connectivity index (χ4v) is 2.18. The van der Waals surface area contributed by atoms with E-state index in [0.29, 0.717) is 6.42 Å². The van der Waals surface area contributed by atoms with Gasteiger partial charge >= 0.3 is 5.97 Å². The molecule has 0 bridgehead atoms. The second kappa shape index (κ2) is 6.41. The second-order valence-electron chi connectivity index (χ2n) is 4.98. The number of nitrogens with two attached hydrogens (primary N) is 1. The normalized spacial score (nSPS) is 13.8. The Morgan fingerprint density at radius 3 is 2.76 bits per heavy atom. The predicted molar refractivity (Wildman–Crippen MR) is 79.8 cm³/mol. The van der Waals surface area contributed by atoms with Crippen molar-refractivity contribution in [2.75, 3.05) is 0 Å². The summed E-state index contributed by atoms with van der Waals surface area (Å²) < 4.78 is 0. The number of carboxylic acids is 1. The number of para-hydroxylation sites is 1. The third-order valence-electron chi connectivity index (χ3n) is 3.49. The number of hydrogen-bond acceptors (Lipinski definition) is 3. The van der Waals surface area contributed by atoms with E-state index >= 15 is 0 Å². The molecule has 112 valence electrons. The topological polar surface area (TPSA) is 108 Å². The first-order valence-corrected chi connectivity index (χ1v) is 6.86. The summed E-state index contributed by atoms with van der Waals surface area (Å²) in [6, 6.07) is 5.95. The lowest BCUT2D eigenvalue weighted by molar-refractivity contribution is -0.142. The van der Waals surface area contributed by atoms with Crippen molar-refractivity contribution in [1.29, 1.82) is 0 Å². The molecule has 0 fully saturated rings. The summed E-state index contributed by atoms with van der Waals surface area (Å²) in [4.78, 5) is 26.2. The first-order chi connectivity index (χ1) is 10.0. The summed E-state index contributed by atoms with van der Waals surface area (Å²) in [5.41, 5.74) is 7.41. The Morgan fingerprint density at radius 2 is 2.10 bits per heavy atom. The summed E-state index contributed by atoms with van der Waals surface area (Å²) >= 11 is 0. The Labute approximate surface area is 122 Å². The number of aromatic amines is 1. The van der Waals surface area contributed by atoms with Gasteiger partial charge in [-0.2, -0.15) is 0 Å². The molecule has 0 saturated carbocycles. The van der Waals surface area contributed by atoms with Gasteiger partial charge in [-0.05, 0) is 18.1 Å². The van der Waals surface area contributed by atoms with Crippen LogP contribution in [-0.2, 0) is 16.0 Å². The number of nitrogens with one attached hydrogen (secondary N) is 2. The summed E-state index contributed by atoms with van der Waals surface area (Å²) in [7, 11) is 0. The molecular weight excluding hydrogens is 270 g/mol. The quantitative estimate of drug-likeness (QED) is 0.636. The van der Waals surface area contributed by atoms with E-state index in [9.17, 15) is 14.7 Å². The van der Waals surface area contributed by atoms with Gasteiger partial charge in [0, 0.05) is 23.5 Å². The number of aromatic nitrogens is 1. The maximum atomic E-state index is 11.8. The molecule has 1 heterocycles. The molecule has 6 heteroatoms. The average Bonchev–Trinajstić information content (AvgIpc) is 2.88. The van der Waals surface area contributed by atoms with E-state index in [2.05, 4.69) is 10.3 Å². The Kier molecular flexibility index (Phi) is 4.59. The van der Waals surface area contributed by atoms with Crippen LogP contribution in [0.5, 0.6) is 0 Å². The number of carbonyl (C=O) groups excluding carboxylic acids is 1. The molecule has 5 N–H and O–H groups in total. The summed E-state index contributed by atoms with van der Waals surface area (Å²) in [5, 5.41) is 12.7. The van der Waals surface area contributed by atoms with Crippen LogP contribution in [0.25, 0.3) is 10.9 Å². The van der Waals surface area contributed by atoms with E-state index in [1.165, 1.54) is 0 Å². The van der Waals surface area contributed by atoms with Gasteiger partial charge in [-0.15, -0.1) is 0 Å². The van der Waals surface area contributed by atoms with Crippen molar-refractivity contribution in [3.05, 3.63) is 36.0 Å². The first kappa shape index (κ1) is 15.1. The van der Waals surface area contributed by atoms with Gasteiger partial charge in [0.2, 0.25) is 5.91 Å². The number of fused-ring (bicyclic) bond motifs is 1. The molecule has 1 aromatic heterocycles. The highest BCUT2D eigenvalue weighted by Crippen LogP contribution is 2.19. The molecule has 2 unspecified atom stereocenters. The van der Waals surface area contributed by atoms with Gasteiger partial charge in [0.15, 0.2) is 0 Å². The Hall–Kier alpha value is -2.34. The molecule has 6 nitrogen and oxygen atoms in total. The van der Waals surface area contributed by atoms with Crippen LogP contribution in [-0.4, -0.2) is 34.1 Å². The van der Waals surface area contributed by atoms with Gasteiger partial charge in [-0.25, -0.2) is 4.79 Å². The van der Waals surface area contributed by atoms with Crippen molar-refractivity contribution in [1.82, 2.24) is 10.3 Å². The fraction of sp³-hybridized carbons (Fsp3) is 0.333. The molecule has 0 aliphatic rings. The zero-order valence-corrected chi connectivity index (χ0v) is 11.8. The highest BCUT2D eigenvalue weighted by molar-refractivity contribution is 5.88. The van der Waals surface area contributed by atoms with Crippen LogP contribution < -0.4 is 11.1 Å². The Morgan fingerprint density at radius 1 is 1.38 bits per heavy atom. The molecule has 2 aromatic rings. The Bertz CT molecular complexity index is 650. The van der Waals surface area contributed by atoms with E-state index in [-0.39, 0.29) is 6.42 Å². The molecule has 1 amide bonds. The molecule has 0 radical (unpaired) electrons. The molecule has 0 saturated heterocycles. The van der Waals surface area contributed by atoms with Crippen molar-refractivity contribution in [3.8, 4) is 0 Å². The lowest BCUT2D eigenvalue weighted by atomic mass is 10.0. The summed E-state index contributed by atoms with van der Waals surface area (Å²) in [5.74, 6) is -1.51. The van der Waals surface area contributed by atoms with Crippen molar-refractivity contribution < 1.29 is 14.7 Å². The molecule has 1 aromatic carbocycles. The second-order valence-corrected chi connectivity index (χ2v) is 4.98. The van der Waals surface area contributed by atoms with Crippen LogP contribution in [0.15, 0.2) is 30.5 Å². The number of benzene rings is 1. The minimum absolute atomic E-state index is 0.210. The fourth-order valence-electron chi connectivity index (χ4n) is 2.18. The molecule has 21 heavy (non-hydrogen) atoms. The molecular formula is C15H19N3O3. The van der Waals surface area contributed by atoms with Crippen LogP contribution in [0.3, 0.4) is 0 Å². The third-order valence-corrected chi connectivity index (χ3v) is 3.49. The predicted octanol–water partition coefficient (Wildman–Crippen LogP) is 1.02. The number of amides is 1. The van der Waals surface area contributed by atoms with E-state index in [0.717, 1.165) is 16.5 Å². The SMILES string of the molecule is CCC(N)C(=O)NC(Cc1c[nH]c2ccccc12)C(=O)O. The average molecular weight is 289 g/mol. The standard InChI is InChI=1S/C15H19N3O3/c1-2-11(16)14(19)18-13(15(20)21)7-9-8-17-12-6-4-3-5-10(9)12/h3-6,8,11,13,17H,2,7,16H2,1H3,(H,18,19)(H,20,21). The zero-order chi connectivity index (χ0) is 15.4. The van der Waals surface area contributed by atoms with Crippen LogP contribution in [0.4, 0.5) is 0 Å². The van der Waals surface area contributed by atoms with Crippen LogP contribution in [0.1, 0.15) is 18.9 Å². The molecule has 2 atom stereocenters. The maximum absolute atomic E-state index is 11.8. The van der Waals surface area contributed by atoms with Crippen molar-refractivity contribution >= 4 is 22.8 Å². The molecule has 0 aliphatic carbocycles. The van der Waals surface area contributed by atoms with E-state index in [1.54, 1.807) is 13.1 Å². The number of aliphatic carboxylic acids is 1. The van der Waals surface area contributed by atoms with Crippen LogP contribution in [0, 0.1) is 0 Å². The summed E-state index contributed by atoms with van der Waals surface area (Å²) in [6.07, 6.45) is 2.44. The number of carbonyl (C=O) groups is 2. The van der Waals surface area contributed by atoms with Crippen LogP contribution in [0.2, 0.25) is 0 Å². The highest BCUT2D eigenvalue weighted by atomic mass is 16.4. The van der Waals surface area contributed by atoms with Crippen LogP contribution >= 0.6 is 0 Å². The minimum atomic E-state index is -1.07. The van der Waals surface area contributed by atoms with Gasteiger partial charge in [0.25, 0.3) is 0 Å². The number of carboxylic acid groups (broad SMARTS) is 1. The third kappa shape index (κ3) is 3.41. The van der Waals surface area contributed by atoms with Gasteiger partial charge in [0.05, 0.1) is 6.04 Å². The van der Waals surface area contributed by atoms with Gasteiger partial charge in [0.1, 0.15) is 6.04 Å². The lowest BCUT2D eigenvalue weighted by Crippen LogP contribution is -2.49. The number of H-pyrrole nitrogens is 1. The van der Waals surface area contributed by atoms with Gasteiger partial charge in [-0.3, -0.25) is 4.79 Å². The van der Waals surface area contributed by atoms with Gasteiger partial charge < -0.3 is 21.1 Å². The number of rotatable bonds is 6. The largest absolute Gasteiger partial charge is 0.480 e. The first-order valence-electron chi connectivity index (χ1n) is 6.86. The number of hydrogen-bond donors (Lipinski definition) is 4. The zero-order valence-electron chi connectivity index (χ0n) is 11.8. The Balaban J connectivity index is 2.17. The van der Waals surface area contributed by atoms with Gasteiger partial charge in [-0.1, -0.05) is 25.1 Å². The van der Waals surface area contributed by atoms with E-state index < -0.39 is 24.0 Å². The minimum Gasteiger partial charge on any atom is -0.480 e.